The number of nitrogens with one attached hydrogen (secondary N) is 1. The van der Waals surface area contributed by atoms with Gasteiger partial charge in [-0.25, -0.2) is 0 Å². The summed E-state index contributed by atoms with van der Waals surface area (Å²) in [5.74, 6) is 0.0458. The number of nitrogens with two attached hydrogens (primary N) is 1. The molecule has 1 atom stereocenters. The first kappa shape index (κ1) is 14.0. The van der Waals surface area contributed by atoms with Crippen LogP contribution in [0.4, 0.5) is 0 Å². The molecule has 1 aliphatic heterocycles. The zero-order valence-corrected chi connectivity index (χ0v) is 10.6. The number of carbonyl (C=O) groups is 2. The number of amides is 2. The van der Waals surface area contributed by atoms with Gasteiger partial charge in [0.2, 0.25) is 11.8 Å². The molecule has 98 valence electrons. The number of carbonyl (C=O) groups excluding carboxylic acids is 2. The largest absolute Gasteiger partial charge is 0.368 e. The van der Waals surface area contributed by atoms with Gasteiger partial charge < -0.3 is 16.0 Å². The minimum absolute atomic E-state index is 0.0545. The molecule has 0 saturated carbocycles. The van der Waals surface area contributed by atoms with Crippen LogP contribution < -0.4 is 11.1 Å². The summed E-state index contributed by atoms with van der Waals surface area (Å²) >= 11 is 0. The van der Waals surface area contributed by atoms with Crippen LogP contribution in [0.1, 0.15) is 32.6 Å². The van der Waals surface area contributed by atoms with Gasteiger partial charge in [-0.15, -0.1) is 0 Å². The smallest absolute Gasteiger partial charge is 0.237 e. The highest BCUT2D eigenvalue weighted by molar-refractivity contribution is 5.83. The predicted octanol–water partition coefficient (Wildman–Crippen LogP) is 0.100. The Morgan fingerprint density at radius 3 is 2.76 bits per heavy atom. The van der Waals surface area contributed by atoms with Crippen LogP contribution in [0.3, 0.4) is 0 Å². The molecule has 1 fully saturated rings. The zero-order chi connectivity index (χ0) is 12.7. The van der Waals surface area contributed by atoms with Crippen molar-refractivity contribution in [2.45, 2.75) is 32.6 Å². The van der Waals surface area contributed by atoms with E-state index < -0.39 is 5.91 Å². The third-order valence-electron chi connectivity index (χ3n) is 3.11. The number of nitrogens with zero attached hydrogens (tertiary/aromatic N) is 1. The molecule has 1 saturated heterocycles. The lowest BCUT2D eigenvalue weighted by Crippen LogP contribution is -2.39. The normalized spacial score (nSPS) is 19.2. The minimum Gasteiger partial charge on any atom is -0.368 e. The van der Waals surface area contributed by atoms with Crippen molar-refractivity contribution in [1.82, 2.24) is 10.2 Å². The molecule has 1 heterocycles. The fourth-order valence-electron chi connectivity index (χ4n) is 2.09. The Hall–Kier alpha value is -1.10. The molecule has 1 unspecified atom stereocenters. The summed E-state index contributed by atoms with van der Waals surface area (Å²) < 4.78 is 0. The van der Waals surface area contributed by atoms with Gasteiger partial charge >= 0.3 is 0 Å². The lowest BCUT2D eigenvalue weighted by molar-refractivity contribution is -0.136. The van der Waals surface area contributed by atoms with Crippen molar-refractivity contribution in [3.63, 3.8) is 0 Å². The van der Waals surface area contributed by atoms with Crippen molar-refractivity contribution in [1.29, 1.82) is 0 Å². The second kappa shape index (κ2) is 7.27. The minimum atomic E-state index is -0.431. The zero-order valence-electron chi connectivity index (χ0n) is 10.6. The highest BCUT2D eigenvalue weighted by Crippen LogP contribution is 2.14. The third-order valence-corrected chi connectivity index (χ3v) is 3.11. The number of hydrogen-bond donors (Lipinski definition) is 2. The Labute approximate surface area is 103 Å². The SMILES string of the molecule is CCCCN(CC(N)=O)C(=O)CC1CCNC1. The predicted molar refractivity (Wildman–Crippen MR) is 66.3 cm³/mol. The van der Waals surface area contributed by atoms with Gasteiger partial charge in [-0.05, 0) is 31.8 Å². The lowest BCUT2D eigenvalue weighted by Gasteiger charge is -2.22. The molecule has 0 spiro atoms. The van der Waals surface area contributed by atoms with Gasteiger partial charge in [-0.2, -0.15) is 0 Å². The van der Waals surface area contributed by atoms with Crippen molar-refractivity contribution < 1.29 is 9.59 Å². The summed E-state index contributed by atoms with van der Waals surface area (Å²) in [5.41, 5.74) is 5.17. The van der Waals surface area contributed by atoms with Gasteiger partial charge in [0.1, 0.15) is 0 Å². The van der Waals surface area contributed by atoms with E-state index in [1.54, 1.807) is 4.90 Å². The van der Waals surface area contributed by atoms with E-state index in [9.17, 15) is 9.59 Å². The van der Waals surface area contributed by atoms with Crippen molar-refractivity contribution >= 4 is 11.8 Å². The Kier molecular flexibility index (Phi) is 5.97. The van der Waals surface area contributed by atoms with E-state index in [1.165, 1.54) is 0 Å². The summed E-state index contributed by atoms with van der Waals surface area (Å²) in [6.45, 7) is 4.65. The molecule has 0 aromatic heterocycles. The maximum atomic E-state index is 12.0. The Balaban J connectivity index is 2.42. The van der Waals surface area contributed by atoms with Gasteiger partial charge in [0.15, 0.2) is 0 Å². The number of primary amides is 1. The van der Waals surface area contributed by atoms with Crippen LogP contribution in [0, 0.1) is 5.92 Å². The summed E-state index contributed by atoms with van der Waals surface area (Å²) in [7, 11) is 0. The van der Waals surface area contributed by atoms with Crippen LogP contribution in [0.25, 0.3) is 0 Å². The topological polar surface area (TPSA) is 75.4 Å². The van der Waals surface area contributed by atoms with E-state index in [0.29, 0.717) is 18.9 Å². The summed E-state index contributed by atoms with van der Waals surface area (Å²) in [4.78, 5) is 24.6. The molecule has 2 amide bonds. The van der Waals surface area contributed by atoms with E-state index >= 15 is 0 Å². The van der Waals surface area contributed by atoms with Crippen LogP contribution in [-0.2, 0) is 9.59 Å². The molecule has 17 heavy (non-hydrogen) atoms. The molecule has 0 bridgehead atoms. The Morgan fingerprint density at radius 2 is 2.24 bits per heavy atom. The number of hydrogen-bond acceptors (Lipinski definition) is 3. The molecule has 1 rings (SSSR count). The Morgan fingerprint density at radius 1 is 1.47 bits per heavy atom. The highest BCUT2D eigenvalue weighted by Gasteiger charge is 2.22. The van der Waals surface area contributed by atoms with Crippen LogP contribution in [0.5, 0.6) is 0 Å². The molecule has 5 heteroatoms. The summed E-state index contributed by atoms with van der Waals surface area (Å²) in [6, 6.07) is 0. The van der Waals surface area contributed by atoms with Crippen LogP contribution in [0.2, 0.25) is 0 Å². The molecule has 0 aliphatic carbocycles. The second-order valence-corrected chi connectivity index (χ2v) is 4.70. The molecule has 0 radical (unpaired) electrons. The summed E-state index contributed by atoms with van der Waals surface area (Å²) in [5, 5.41) is 3.24. The van der Waals surface area contributed by atoms with Gasteiger partial charge in [-0.3, -0.25) is 9.59 Å². The van der Waals surface area contributed by atoms with Gasteiger partial charge in [-0.1, -0.05) is 13.3 Å². The maximum absolute atomic E-state index is 12.0. The third kappa shape index (κ3) is 5.17. The van der Waals surface area contributed by atoms with Gasteiger partial charge in [0.05, 0.1) is 6.54 Å². The van der Waals surface area contributed by atoms with Crippen LogP contribution in [-0.4, -0.2) is 42.9 Å². The van der Waals surface area contributed by atoms with E-state index in [2.05, 4.69) is 12.2 Å². The molecular weight excluding hydrogens is 218 g/mol. The quantitative estimate of drug-likeness (QED) is 0.664. The van der Waals surface area contributed by atoms with Gasteiger partial charge in [0.25, 0.3) is 0 Å². The van der Waals surface area contributed by atoms with E-state index in [4.69, 9.17) is 5.73 Å². The monoisotopic (exact) mass is 241 g/mol. The standard InChI is InChI=1S/C12H23N3O2/c1-2-3-6-15(9-11(13)16)12(17)7-10-4-5-14-8-10/h10,14H,2-9H2,1H3,(H2,13,16). The van der Waals surface area contributed by atoms with Gasteiger partial charge in [0, 0.05) is 13.0 Å². The summed E-state index contributed by atoms with van der Waals surface area (Å²) in [6.07, 6.45) is 3.50. The van der Waals surface area contributed by atoms with Crippen molar-refractivity contribution in [2.24, 2.45) is 11.7 Å². The highest BCUT2D eigenvalue weighted by atomic mass is 16.2. The first-order valence-corrected chi connectivity index (χ1v) is 6.40. The Bertz CT molecular complexity index is 262. The van der Waals surface area contributed by atoms with Crippen molar-refractivity contribution in [3.8, 4) is 0 Å². The molecular formula is C12H23N3O2. The molecule has 0 aromatic rings. The maximum Gasteiger partial charge on any atom is 0.237 e. The van der Waals surface area contributed by atoms with Crippen molar-refractivity contribution in [3.05, 3.63) is 0 Å². The fourth-order valence-corrected chi connectivity index (χ4v) is 2.09. The average Bonchev–Trinajstić information content (AvgIpc) is 2.76. The first-order valence-electron chi connectivity index (χ1n) is 6.40. The molecule has 5 nitrogen and oxygen atoms in total. The van der Waals surface area contributed by atoms with E-state index in [1.807, 2.05) is 0 Å². The van der Waals surface area contributed by atoms with Crippen LogP contribution in [0.15, 0.2) is 0 Å². The second-order valence-electron chi connectivity index (χ2n) is 4.70. The molecule has 3 N–H and O–H groups in total. The fraction of sp³-hybridized carbons (Fsp3) is 0.833. The first-order chi connectivity index (χ1) is 8.13. The van der Waals surface area contributed by atoms with Crippen LogP contribution >= 0.6 is 0 Å². The molecule has 1 aliphatic rings. The number of rotatable bonds is 7. The lowest BCUT2D eigenvalue weighted by atomic mass is 10.0. The van der Waals surface area contributed by atoms with Crippen molar-refractivity contribution in [2.75, 3.05) is 26.2 Å². The van der Waals surface area contributed by atoms with E-state index in [0.717, 1.165) is 32.4 Å². The van der Waals surface area contributed by atoms with E-state index in [-0.39, 0.29) is 12.5 Å². The average molecular weight is 241 g/mol. The molecule has 0 aromatic carbocycles. The number of unbranched alkanes of at least 4 members (excludes halogenated alkanes) is 1.